The number of piperidine rings is 1. The number of carbonyl (C=O) groups is 1. The van der Waals surface area contributed by atoms with Crippen molar-refractivity contribution in [2.45, 2.75) is 24.8 Å². The Morgan fingerprint density at radius 2 is 2.10 bits per heavy atom. The standard InChI is InChI=1S/C21H19F4N5O/c22-14-7-27-8-15(14)29-18(31)19-9-20(19,21(23,24)25)11-30(10-19)16-4-3-12(6-26)17-13(16)2-1-5-28-17/h1-5,14-15,27H,7-11H2,(H,29,31)/t14-,15-,19+,20+/m1/s1. The number of pyridine rings is 1. The lowest BCUT2D eigenvalue weighted by molar-refractivity contribution is -0.191. The molecule has 2 N–H and O–H groups in total. The number of carbonyl (C=O) groups excluding carboxylic acids is 1. The molecule has 0 spiro atoms. The Balaban J connectivity index is 1.51. The maximum absolute atomic E-state index is 14.2. The summed E-state index contributed by atoms with van der Waals surface area (Å²) in [5, 5.41) is 15.2. The molecular formula is C21H19F4N5O. The molecule has 2 aliphatic heterocycles. The average Bonchev–Trinajstić information content (AvgIpc) is 3.04. The molecule has 3 heterocycles. The van der Waals surface area contributed by atoms with E-state index >= 15 is 0 Å². The van der Waals surface area contributed by atoms with Crippen LogP contribution in [0, 0.1) is 22.2 Å². The van der Waals surface area contributed by atoms with Crippen LogP contribution in [-0.2, 0) is 4.79 Å². The molecule has 0 bridgehead atoms. The number of alkyl halides is 4. The van der Waals surface area contributed by atoms with Gasteiger partial charge in [-0.05, 0) is 30.7 Å². The fourth-order valence-electron chi connectivity index (χ4n) is 5.21. The van der Waals surface area contributed by atoms with Gasteiger partial charge in [-0.25, -0.2) is 4.39 Å². The molecule has 3 aliphatic rings. The third kappa shape index (κ3) is 2.72. The minimum absolute atomic E-state index is 0.0682. The molecule has 162 valence electrons. The summed E-state index contributed by atoms with van der Waals surface area (Å²) in [5.74, 6) is -0.750. The van der Waals surface area contributed by atoms with Crippen molar-refractivity contribution in [2.24, 2.45) is 10.8 Å². The number of nitrogens with zero attached hydrogens (tertiary/aromatic N) is 3. The van der Waals surface area contributed by atoms with Crippen LogP contribution >= 0.6 is 0 Å². The first-order valence-corrected chi connectivity index (χ1v) is 9.98. The van der Waals surface area contributed by atoms with E-state index in [0.29, 0.717) is 22.2 Å². The SMILES string of the molecule is N#Cc1ccc(N2C[C@]3(C(=O)N[C@@H]4CNC[C@H]4F)C[C@]3(C(F)(F)F)C2)c2cccnc12. The van der Waals surface area contributed by atoms with Gasteiger partial charge in [-0.2, -0.15) is 18.4 Å². The van der Waals surface area contributed by atoms with Crippen molar-refractivity contribution in [3.8, 4) is 6.07 Å². The van der Waals surface area contributed by atoms with Gasteiger partial charge in [0, 0.05) is 43.4 Å². The number of rotatable bonds is 3. The van der Waals surface area contributed by atoms with Gasteiger partial charge in [0.2, 0.25) is 5.91 Å². The zero-order valence-corrected chi connectivity index (χ0v) is 16.3. The molecule has 6 nitrogen and oxygen atoms in total. The highest BCUT2D eigenvalue weighted by molar-refractivity contribution is 5.97. The fraction of sp³-hybridized carbons (Fsp3) is 0.476. The normalized spacial score (nSPS) is 32.0. The minimum atomic E-state index is -4.58. The monoisotopic (exact) mass is 433 g/mol. The lowest BCUT2D eigenvalue weighted by Gasteiger charge is -2.25. The fourth-order valence-corrected chi connectivity index (χ4v) is 5.21. The quantitative estimate of drug-likeness (QED) is 0.727. The van der Waals surface area contributed by atoms with Gasteiger partial charge >= 0.3 is 6.18 Å². The van der Waals surface area contributed by atoms with Crippen LogP contribution in [0.3, 0.4) is 0 Å². The molecule has 10 heteroatoms. The average molecular weight is 433 g/mol. The van der Waals surface area contributed by atoms with E-state index in [1.54, 1.807) is 23.1 Å². The smallest absolute Gasteiger partial charge is 0.369 e. The molecule has 1 saturated carbocycles. The van der Waals surface area contributed by atoms with Gasteiger partial charge < -0.3 is 15.5 Å². The van der Waals surface area contributed by atoms with Crippen molar-refractivity contribution in [2.75, 3.05) is 31.1 Å². The van der Waals surface area contributed by atoms with E-state index in [-0.39, 0.29) is 32.6 Å². The van der Waals surface area contributed by atoms with Gasteiger partial charge in [-0.15, -0.1) is 0 Å². The molecule has 4 atom stereocenters. The highest BCUT2D eigenvalue weighted by Crippen LogP contribution is 2.75. The Morgan fingerprint density at radius 3 is 2.77 bits per heavy atom. The summed E-state index contributed by atoms with van der Waals surface area (Å²) in [6.07, 6.45) is -4.70. The predicted molar refractivity (Wildman–Crippen MR) is 104 cm³/mol. The Morgan fingerprint density at radius 1 is 1.29 bits per heavy atom. The van der Waals surface area contributed by atoms with Crippen LogP contribution in [0.15, 0.2) is 30.5 Å². The number of hydrogen-bond acceptors (Lipinski definition) is 5. The van der Waals surface area contributed by atoms with E-state index in [1.807, 2.05) is 6.07 Å². The number of nitriles is 1. The number of nitrogens with one attached hydrogen (secondary N) is 2. The second-order valence-corrected chi connectivity index (χ2v) is 8.59. The van der Waals surface area contributed by atoms with Gasteiger partial charge in [0.05, 0.1) is 22.5 Å². The third-order valence-corrected chi connectivity index (χ3v) is 6.96. The molecule has 2 aromatic rings. The molecule has 0 unspecified atom stereocenters. The van der Waals surface area contributed by atoms with Crippen LogP contribution in [0.4, 0.5) is 23.2 Å². The number of halogens is 4. The summed E-state index contributed by atoms with van der Waals surface area (Å²) >= 11 is 0. The summed E-state index contributed by atoms with van der Waals surface area (Å²) in [5.41, 5.74) is -2.61. The van der Waals surface area contributed by atoms with Crippen molar-refractivity contribution >= 4 is 22.5 Å². The molecule has 5 rings (SSSR count). The molecule has 2 saturated heterocycles. The van der Waals surface area contributed by atoms with Crippen LogP contribution in [0.2, 0.25) is 0 Å². The van der Waals surface area contributed by atoms with Crippen molar-refractivity contribution in [3.05, 3.63) is 36.0 Å². The highest BCUT2D eigenvalue weighted by Gasteiger charge is 2.86. The predicted octanol–water partition coefficient (Wildman–Crippen LogP) is 2.29. The number of aromatic nitrogens is 1. The van der Waals surface area contributed by atoms with E-state index in [0.717, 1.165) is 0 Å². The van der Waals surface area contributed by atoms with Gasteiger partial charge in [0.1, 0.15) is 17.7 Å². The number of anilines is 1. The lowest BCUT2D eigenvalue weighted by Crippen LogP contribution is -2.48. The first-order valence-electron chi connectivity index (χ1n) is 9.98. The lowest BCUT2D eigenvalue weighted by atomic mass is 9.94. The summed E-state index contributed by atoms with van der Waals surface area (Å²) in [4.78, 5) is 18.8. The first-order chi connectivity index (χ1) is 14.7. The van der Waals surface area contributed by atoms with Crippen molar-refractivity contribution in [1.29, 1.82) is 5.26 Å². The van der Waals surface area contributed by atoms with Crippen molar-refractivity contribution in [3.63, 3.8) is 0 Å². The summed E-state index contributed by atoms with van der Waals surface area (Å²) in [6.45, 7) is -0.247. The van der Waals surface area contributed by atoms with E-state index in [4.69, 9.17) is 0 Å². The molecule has 1 aromatic carbocycles. The molecule has 3 fully saturated rings. The van der Waals surface area contributed by atoms with Crippen LogP contribution in [0.25, 0.3) is 10.9 Å². The molecule has 0 radical (unpaired) electrons. The molecular weight excluding hydrogens is 414 g/mol. The largest absolute Gasteiger partial charge is 0.397 e. The van der Waals surface area contributed by atoms with E-state index in [1.165, 1.54) is 12.3 Å². The topological polar surface area (TPSA) is 81.0 Å². The Kier molecular flexibility index (Phi) is 4.21. The molecule has 31 heavy (non-hydrogen) atoms. The number of hydrogen-bond donors (Lipinski definition) is 2. The van der Waals surface area contributed by atoms with Crippen molar-refractivity contribution < 1.29 is 22.4 Å². The maximum Gasteiger partial charge on any atom is 0.397 e. The number of fused-ring (bicyclic) bond motifs is 2. The minimum Gasteiger partial charge on any atom is -0.369 e. The second kappa shape index (κ2) is 6.53. The van der Waals surface area contributed by atoms with Crippen LogP contribution in [-0.4, -0.2) is 55.5 Å². The van der Waals surface area contributed by atoms with E-state index in [9.17, 15) is 27.6 Å². The third-order valence-electron chi connectivity index (χ3n) is 6.96. The molecule has 1 aliphatic carbocycles. The summed E-state index contributed by atoms with van der Waals surface area (Å²) in [6, 6.07) is 7.69. The van der Waals surface area contributed by atoms with Crippen LogP contribution in [0.1, 0.15) is 12.0 Å². The molecule has 1 amide bonds. The second-order valence-electron chi connectivity index (χ2n) is 8.59. The Labute approximate surface area is 175 Å². The number of benzene rings is 1. The van der Waals surface area contributed by atoms with E-state index in [2.05, 4.69) is 15.6 Å². The zero-order chi connectivity index (χ0) is 22.0. The zero-order valence-electron chi connectivity index (χ0n) is 16.3. The summed E-state index contributed by atoms with van der Waals surface area (Å²) in [7, 11) is 0. The Bertz CT molecular complexity index is 1120. The highest BCUT2D eigenvalue weighted by atomic mass is 19.4. The molecule has 1 aromatic heterocycles. The van der Waals surface area contributed by atoms with E-state index < -0.39 is 35.1 Å². The first kappa shape index (κ1) is 20.0. The van der Waals surface area contributed by atoms with Gasteiger partial charge in [-0.3, -0.25) is 9.78 Å². The number of amides is 1. The summed E-state index contributed by atoms with van der Waals surface area (Å²) < 4.78 is 56.4. The van der Waals surface area contributed by atoms with Gasteiger partial charge in [0.15, 0.2) is 0 Å². The maximum atomic E-state index is 14.2. The van der Waals surface area contributed by atoms with Gasteiger partial charge in [0.25, 0.3) is 0 Å². The van der Waals surface area contributed by atoms with Crippen LogP contribution < -0.4 is 15.5 Å². The van der Waals surface area contributed by atoms with Crippen LogP contribution in [0.5, 0.6) is 0 Å². The van der Waals surface area contributed by atoms with Crippen molar-refractivity contribution in [1.82, 2.24) is 15.6 Å². The van der Waals surface area contributed by atoms with Gasteiger partial charge in [-0.1, -0.05) is 0 Å². The Hall–Kier alpha value is -2.93.